The quantitative estimate of drug-likeness (QED) is 0.517. The fourth-order valence-corrected chi connectivity index (χ4v) is 4.94. The molecule has 4 rings (SSSR count). The van der Waals surface area contributed by atoms with Crippen LogP contribution in [-0.4, -0.2) is 53.5 Å². The number of anilines is 1. The van der Waals surface area contributed by atoms with Crippen molar-refractivity contribution in [2.24, 2.45) is 5.41 Å². The van der Waals surface area contributed by atoms with Crippen LogP contribution in [-0.2, 0) is 16.0 Å². The van der Waals surface area contributed by atoms with Crippen LogP contribution < -0.4 is 9.64 Å². The predicted molar refractivity (Wildman–Crippen MR) is 132 cm³/mol. The molecule has 1 saturated carbocycles. The van der Waals surface area contributed by atoms with Gasteiger partial charge in [-0.05, 0) is 50.2 Å². The molecule has 2 aromatic heterocycles. The van der Waals surface area contributed by atoms with Crippen LogP contribution in [0.4, 0.5) is 5.69 Å². The average Bonchev–Trinajstić information content (AvgIpc) is 3.32. The first-order valence-electron chi connectivity index (χ1n) is 12.5. The number of nitrogens with zero attached hydrogens (tertiary/aromatic N) is 3. The van der Waals surface area contributed by atoms with E-state index >= 15 is 0 Å². The zero-order valence-corrected chi connectivity index (χ0v) is 20.7. The van der Waals surface area contributed by atoms with Crippen LogP contribution in [0, 0.1) is 12.3 Å². The van der Waals surface area contributed by atoms with Crippen molar-refractivity contribution in [3.8, 4) is 17.0 Å². The molecule has 0 bridgehead atoms. The van der Waals surface area contributed by atoms with Crippen LogP contribution >= 0.6 is 0 Å². The van der Waals surface area contributed by atoms with Crippen LogP contribution in [0.5, 0.6) is 5.75 Å². The Morgan fingerprint density at radius 3 is 2.50 bits per heavy atom. The molecule has 7 nitrogen and oxygen atoms in total. The molecule has 2 aromatic rings. The van der Waals surface area contributed by atoms with Gasteiger partial charge in [-0.25, -0.2) is 0 Å². The van der Waals surface area contributed by atoms with E-state index in [1.54, 1.807) is 6.20 Å². The molecule has 3 heterocycles. The highest BCUT2D eigenvalue weighted by atomic mass is 16.5. The molecule has 1 aliphatic heterocycles. The highest BCUT2D eigenvalue weighted by molar-refractivity contribution is 5.83. The van der Waals surface area contributed by atoms with Gasteiger partial charge in [-0.15, -0.1) is 0 Å². The van der Waals surface area contributed by atoms with Gasteiger partial charge in [0, 0.05) is 36.1 Å². The van der Waals surface area contributed by atoms with Gasteiger partial charge in [-0.1, -0.05) is 26.7 Å². The minimum atomic E-state index is -0.850. The van der Waals surface area contributed by atoms with E-state index in [0.717, 1.165) is 67.0 Å². The predicted octanol–water partition coefficient (Wildman–Crippen LogP) is 5.04. The Labute approximate surface area is 202 Å². The molecule has 184 valence electrons. The Morgan fingerprint density at radius 1 is 1.12 bits per heavy atom. The Morgan fingerprint density at radius 2 is 1.85 bits per heavy atom. The maximum atomic E-state index is 11.7. The topological polar surface area (TPSA) is 84.8 Å². The zero-order chi connectivity index (χ0) is 24.1. The molecule has 1 saturated heterocycles. The van der Waals surface area contributed by atoms with E-state index in [-0.39, 0.29) is 6.42 Å². The smallest absolute Gasteiger partial charge is 0.307 e. The van der Waals surface area contributed by atoms with E-state index < -0.39 is 5.97 Å². The van der Waals surface area contributed by atoms with E-state index in [1.807, 2.05) is 25.3 Å². The molecule has 0 radical (unpaired) electrons. The Bertz CT molecular complexity index is 974. The first-order chi connectivity index (χ1) is 16.3. The number of aromatic nitrogens is 2. The van der Waals surface area contributed by atoms with Crippen LogP contribution in [0.15, 0.2) is 24.5 Å². The van der Waals surface area contributed by atoms with E-state index in [4.69, 9.17) is 9.47 Å². The number of carboxylic acid groups (broad SMARTS) is 1. The molecule has 0 atom stereocenters. The van der Waals surface area contributed by atoms with Crippen LogP contribution in [0.25, 0.3) is 11.3 Å². The number of aliphatic carboxylic acids is 1. The first kappa shape index (κ1) is 24.5. The molecular weight excluding hydrogens is 430 g/mol. The molecule has 7 heteroatoms. The van der Waals surface area contributed by atoms with Gasteiger partial charge in [-0.2, -0.15) is 0 Å². The van der Waals surface area contributed by atoms with Crippen molar-refractivity contribution in [1.82, 2.24) is 9.97 Å². The number of piperidine rings is 1. The van der Waals surface area contributed by atoms with E-state index in [0.29, 0.717) is 30.5 Å². The number of hydrogen-bond acceptors (Lipinski definition) is 6. The van der Waals surface area contributed by atoms with Crippen LogP contribution in [0.3, 0.4) is 0 Å². The highest BCUT2D eigenvalue weighted by Crippen LogP contribution is 2.39. The number of pyridine rings is 2. The summed E-state index contributed by atoms with van der Waals surface area (Å²) < 4.78 is 11.7. The summed E-state index contributed by atoms with van der Waals surface area (Å²) in [5.41, 5.74) is 4.43. The van der Waals surface area contributed by atoms with E-state index in [1.165, 1.54) is 12.8 Å². The molecule has 1 N–H and O–H groups in total. The lowest BCUT2D eigenvalue weighted by Gasteiger charge is -2.40. The summed E-state index contributed by atoms with van der Waals surface area (Å²) in [4.78, 5) is 23.2. The largest absolute Gasteiger partial charge is 0.490 e. The number of hydrogen-bond donors (Lipinski definition) is 1. The monoisotopic (exact) mass is 467 g/mol. The summed E-state index contributed by atoms with van der Waals surface area (Å²) in [5, 5.41) is 9.58. The number of carbonyl (C=O) groups is 1. The fraction of sp³-hybridized carbons (Fsp3) is 0.593. The highest BCUT2D eigenvalue weighted by Gasteiger charge is 2.29. The average molecular weight is 468 g/mol. The minimum Gasteiger partial charge on any atom is -0.490 e. The van der Waals surface area contributed by atoms with Gasteiger partial charge in [0.05, 0.1) is 36.7 Å². The molecule has 0 amide bonds. The lowest BCUT2D eigenvalue weighted by atomic mass is 9.82. The maximum Gasteiger partial charge on any atom is 0.307 e. The second-order valence-corrected chi connectivity index (χ2v) is 10.3. The summed E-state index contributed by atoms with van der Waals surface area (Å²) in [6.45, 7) is 9.33. The van der Waals surface area contributed by atoms with Crippen molar-refractivity contribution in [2.75, 3.05) is 31.2 Å². The maximum absolute atomic E-state index is 11.7. The molecule has 34 heavy (non-hydrogen) atoms. The molecule has 2 aliphatic rings. The zero-order valence-electron chi connectivity index (χ0n) is 20.7. The third-order valence-electron chi connectivity index (χ3n) is 7.15. The van der Waals surface area contributed by atoms with Crippen molar-refractivity contribution in [3.63, 3.8) is 0 Å². The SMILES string of the molecule is Cc1ncc(-c2ccc(OCCOC3CCCC3)cn2)c(N2CCC(C)(C)CC2)c1CC(=O)O. The van der Waals surface area contributed by atoms with Crippen molar-refractivity contribution >= 4 is 11.7 Å². The molecule has 1 aliphatic carbocycles. The van der Waals surface area contributed by atoms with Gasteiger partial charge in [0.15, 0.2) is 0 Å². The number of rotatable bonds is 9. The Balaban J connectivity index is 1.52. The van der Waals surface area contributed by atoms with Crippen molar-refractivity contribution < 1.29 is 19.4 Å². The summed E-state index contributed by atoms with van der Waals surface area (Å²) in [6.07, 6.45) is 10.8. The molecule has 0 aromatic carbocycles. The number of ether oxygens (including phenoxy) is 2. The summed E-state index contributed by atoms with van der Waals surface area (Å²) in [6, 6.07) is 3.85. The summed E-state index contributed by atoms with van der Waals surface area (Å²) >= 11 is 0. The van der Waals surface area contributed by atoms with Crippen LogP contribution in [0.1, 0.15) is 63.6 Å². The van der Waals surface area contributed by atoms with Crippen molar-refractivity contribution in [3.05, 3.63) is 35.8 Å². The second-order valence-electron chi connectivity index (χ2n) is 10.3. The van der Waals surface area contributed by atoms with Crippen molar-refractivity contribution in [2.45, 2.75) is 71.8 Å². The normalized spacial score (nSPS) is 18.3. The van der Waals surface area contributed by atoms with Gasteiger partial charge >= 0.3 is 5.97 Å². The van der Waals surface area contributed by atoms with Crippen LogP contribution in [0.2, 0.25) is 0 Å². The van der Waals surface area contributed by atoms with E-state index in [9.17, 15) is 9.90 Å². The lowest BCUT2D eigenvalue weighted by molar-refractivity contribution is -0.136. The van der Waals surface area contributed by atoms with Gasteiger partial charge in [0.2, 0.25) is 0 Å². The van der Waals surface area contributed by atoms with Gasteiger partial charge in [0.25, 0.3) is 0 Å². The summed E-state index contributed by atoms with van der Waals surface area (Å²) in [7, 11) is 0. The third-order valence-corrected chi connectivity index (χ3v) is 7.15. The minimum absolute atomic E-state index is 0.0515. The Hall–Kier alpha value is -2.67. The number of aryl methyl sites for hydroxylation is 1. The number of carboxylic acids is 1. The second kappa shape index (κ2) is 10.7. The molecule has 0 spiro atoms. The third kappa shape index (κ3) is 6.06. The van der Waals surface area contributed by atoms with Gasteiger partial charge in [0.1, 0.15) is 12.4 Å². The standard InChI is InChI=1S/C27H37N3O4/c1-19-22(16-25(31)32)26(30-12-10-27(2,3)11-13-30)23(18-28-19)24-9-8-21(17-29-24)34-15-14-33-20-6-4-5-7-20/h8-9,17-18,20H,4-7,10-16H2,1-3H3,(H,31,32). The molecule has 2 fully saturated rings. The fourth-order valence-electron chi connectivity index (χ4n) is 4.94. The van der Waals surface area contributed by atoms with E-state index in [2.05, 4.69) is 28.7 Å². The first-order valence-corrected chi connectivity index (χ1v) is 12.5. The molecular formula is C27H37N3O4. The Kier molecular flexibility index (Phi) is 7.71. The lowest BCUT2D eigenvalue weighted by Crippen LogP contribution is -2.38. The van der Waals surface area contributed by atoms with Gasteiger partial charge < -0.3 is 19.5 Å². The summed E-state index contributed by atoms with van der Waals surface area (Å²) in [5.74, 6) is -0.150. The van der Waals surface area contributed by atoms with Crippen molar-refractivity contribution in [1.29, 1.82) is 0 Å². The molecule has 0 unspecified atom stereocenters. The van der Waals surface area contributed by atoms with Gasteiger partial charge in [-0.3, -0.25) is 14.8 Å².